The summed E-state index contributed by atoms with van der Waals surface area (Å²) in [4.78, 5) is 99.7. The molecule has 5 atom stereocenters. The largest absolute Gasteiger partial charge is 1.00 e. The number of benzene rings is 5. The molecule has 3 amide bonds. The summed E-state index contributed by atoms with van der Waals surface area (Å²) in [6.45, 7) is 11.8. The molecule has 38 heteroatoms. The Morgan fingerprint density at radius 3 is 0.824 bits per heavy atom. The number of alkyl halides is 9. The molecular formula is C70H95BrF8LiN5O23. The van der Waals surface area contributed by atoms with Gasteiger partial charge in [0.1, 0.15) is 81.3 Å². The minimum Gasteiger partial charge on any atom is -0.870 e. The number of aromatic hydroxyl groups is 1. The van der Waals surface area contributed by atoms with Crippen molar-refractivity contribution in [3.05, 3.63) is 149 Å². The van der Waals surface area contributed by atoms with E-state index in [1.54, 1.807) is 159 Å². The minimum absolute atomic E-state index is 0. The third-order valence-corrected chi connectivity index (χ3v) is 11.9. The van der Waals surface area contributed by atoms with Crippen LogP contribution in [0.1, 0.15) is 97.6 Å². The molecule has 0 aromatic heterocycles. The Labute approximate surface area is 640 Å². The van der Waals surface area contributed by atoms with Crippen molar-refractivity contribution in [1.29, 1.82) is 0 Å². The quantitative estimate of drug-likeness (QED) is 0.00625. The van der Waals surface area contributed by atoms with Crippen molar-refractivity contribution in [2.24, 2.45) is 11.5 Å². The summed E-state index contributed by atoms with van der Waals surface area (Å²) in [7, 11) is 2.49. The van der Waals surface area contributed by atoms with E-state index in [4.69, 9.17) is 50.2 Å². The van der Waals surface area contributed by atoms with Crippen LogP contribution in [-0.4, -0.2) is 181 Å². The van der Waals surface area contributed by atoms with Gasteiger partial charge in [-0.1, -0.05) is 84.0 Å². The van der Waals surface area contributed by atoms with Gasteiger partial charge in [-0.25, -0.2) is 50.7 Å². The molecule has 0 saturated carbocycles. The number of carboxylic acid groups (broad SMARTS) is 3. The number of nitrogens with one attached hydrogen (secondary N) is 3. The van der Waals surface area contributed by atoms with E-state index in [0.29, 0.717) is 28.6 Å². The second kappa shape index (κ2) is 56.6. The fraction of sp³-hybridized carbons (Fsp3) is 0.443. The maximum absolute atomic E-state index is 12.1. The van der Waals surface area contributed by atoms with Crippen LogP contribution in [0.25, 0.3) is 0 Å². The normalized spacial score (nSPS) is 11.7. The number of methoxy groups -OCH3 is 2. The number of rotatable bonds is 26. The molecule has 0 bridgehead atoms. The van der Waals surface area contributed by atoms with Crippen LogP contribution in [0.3, 0.4) is 0 Å². The number of carboxylic acids is 3. The molecule has 602 valence electrons. The number of nitrogens with two attached hydrogens (primary N) is 2. The fourth-order valence-electron chi connectivity index (χ4n) is 7.38. The summed E-state index contributed by atoms with van der Waals surface area (Å²) in [5.74, 6) is -2.73. The number of halogens is 9. The molecule has 5 aromatic rings. The van der Waals surface area contributed by atoms with Crippen molar-refractivity contribution in [3.8, 4) is 28.7 Å². The fourth-order valence-corrected chi connectivity index (χ4v) is 7.38. The number of hydrogen-bond acceptors (Lipinski definition) is 22. The van der Waals surface area contributed by atoms with Crippen LogP contribution in [0.4, 0.5) is 49.5 Å². The van der Waals surface area contributed by atoms with Gasteiger partial charge in [0, 0.05) is 19.3 Å². The second-order valence-electron chi connectivity index (χ2n) is 23.9. The van der Waals surface area contributed by atoms with E-state index in [1.807, 2.05) is 0 Å². The Morgan fingerprint density at radius 1 is 0.435 bits per heavy atom. The zero-order chi connectivity index (χ0) is 80.7. The first-order valence-corrected chi connectivity index (χ1v) is 31.9. The van der Waals surface area contributed by atoms with Crippen LogP contribution >= 0.6 is 15.9 Å². The SMILES string of the molecule is C.CC(C)(C)OC(=O)NC(Cc1ccc(OCF)cc1)C(=O)O.COC(=O)C(Cc1ccc(O)cc1)NC(=O)OC(C)(C)C.COC(=O)C(Cc1ccc(OCF)cc1)NC(=O)OC(C)(C)C.FCBr.NC(Cc1ccc(OCF)cc1)C(=O)O.N[C@@H](Cc1ccc(OCF)cc1)C(=O)O.O=CC(F)(F)F.[Li+].[OH-]. The van der Waals surface area contributed by atoms with Gasteiger partial charge in [0.25, 0.3) is 0 Å². The molecule has 4 unspecified atom stereocenters. The van der Waals surface area contributed by atoms with Crippen molar-refractivity contribution in [2.75, 3.05) is 47.2 Å². The molecule has 0 aliphatic heterocycles. The molecule has 12 N–H and O–H groups in total. The molecule has 0 heterocycles. The van der Waals surface area contributed by atoms with E-state index in [1.165, 1.54) is 38.5 Å². The Balaban J connectivity index is -0.000000398. The third kappa shape index (κ3) is 54.9. The Bertz CT molecular complexity index is 3290. The van der Waals surface area contributed by atoms with E-state index in [-0.39, 0.29) is 69.6 Å². The van der Waals surface area contributed by atoms with Gasteiger partial charge in [-0.05, 0) is 164 Å². The number of hydrogen-bond donors (Lipinski definition) is 9. The van der Waals surface area contributed by atoms with E-state index in [0.717, 1.165) is 22.3 Å². The molecular weight excluding hydrogens is 1520 g/mol. The van der Waals surface area contributed by atoms with Gasteiger partial charge in [0.2, 0.25) is 33.7 Å². The number of aliphatic carboxylic acids is 3. The second-order valence-corrected chi connectivity index (χ2v) is 24.3. The van der Waals surface area contributed by atoms with Crippen LogP contribution in [0.5, 0.6) is 28.7 Å². The van der Waals surface area contributed by atoms with Crippen LogP contribution in [-0.2, 0) is 84.6 Å². The molecule has 108 heavy (non-hydrogen) atoms. The summed E-state index contributed by atoms with van der Waals surface area (Å²) < 4.78 is 132. The maximum Gasteiger partial charge on any atom is 1.00 e. The number of phenolic OH excluding ortho intramolecular Hbond substituents is 1. The zero-order valence-corrected chi connectivity index (χ0v) is 62.3. The van der Waals surface area contributed by atoms with Crippen molar-refractivity contribution in [2.45, 2.75) is 155 Å². The van der Waals surface area contributed by atoms with E-state index in [2.05, 4.69) is 50.8 Å². The van der Waals surface area contributed by atoms with Gasteiger partial charge in [0.15, 0.2) is 0 Å². The van der Waals surface area contributed by atoms with Crippen LogP contribution in [0.15, 0.2) is 121 Å². The first-order chi connectivity index (χ1) is 48.9. The van der Waals surface area contributed by atoms with Crippen molar-refractivity contribution < 1.29 is 166 Å². The number of alkyl carbamates (subject to hydrolysis) is 3. The first-order valence-electron chi connectivity index (χ1n) is 30.8. The summed E-state index contributed by atoms with van der Waals surface area (Å²) in [5, 5.41) is 42.9. The predicted octanol–water partition coefficient (Wildman–Crippen LogP) is 8.53. The number of phenols is 1. The van der Waals surface area contributed by atoms with Crippen LogP contribution in [0.2, 0.25) is 0 Å². The number of aldehydes is 1. The average Bonchev–Trinajstić information content (AvgIpc) is 0.907. The zero-order valence-electron chi connectivity index (χ0n) is 60.7. The van der Waals surface area contributed by atoms with Gasteiger partial charge in [-0.3, -0.25) is 14.4 Å². The molecule has 0 aliphatic carbocycles. The summed E-state index contributed by atoms with van der Waals surface area (Å²) in [6.07, 6.45) is -6.87. The standard InChI is InChI=1S/C16H22FNO5.C15H20FNO5.C15H21NO5.2C10H12FNO3.C2HF3O.CH2BrF.CH4.Li.H2O/c1-16(2,3)23-15(20)18-13(14(19)21-4)9-11-5-7-12(8-6-11)22-10-17;1-15(2,3)22-14(20)17-12(13(18)19)8-10-4-6-11(7-5-10)21-9-16;1-15(2,3)21-14(19)16-12(13(18)20-4)9-10-5-7-11(17)8-6-10;2*11-6-15-8-3-1-7(2-4-8)5-9(12)10(13)14;3-2(4,5)1-6;2-1-3;;;/h5-8,13H,9-10H2,1-4H3,(H,18,20);4-7,12H,8-9H2,1-3H3,(H,17,20)(H,18,19);5-8,12,17H,9H2,1-4H3,(H,16,19);2*1-4,9H,5-6,12H2,(H,13,14);1H;1H2;1H4;;1H2/q;;;;;;;;+1;/p-1/t;;;9-;;;;;;/m...0....../s1. The Morgan fingerprint density at radius 2 is 0.639 bits per heavy atom. The first kappa shape index (κ1) is 107. The predicted molar refractivity (Wildman–Crippen MR) is 377 cm³/mol. The number of amides is 3. The smallest absolute Gasteiger partial charge is 0.870 e. The Kier molecular flexibility index (Phi) is 56.0. The number of carbonyl (C=O) groups is 9. The van der Waals surface area contributed by atoms with Crippen molar-refractivity contribution >= 4 is 70.3 Å². The molecule has 0 saturated heterocycles. The van der Waals surface area contributed by atoms with Crippen molar-refractivity contribution in [3.63, 3.8) is 0 Å². The number of carbonyl (C=O) groups excluding carboxylic acids is 6. The summed E-state index contributed by atoms with van der Waals surface area (Å²) >= 11 is 2.48. The van der Waals surface area contributed by atoms with Crippen LogP contribution < -0.4 is 65.2 Å². The van der Waals surface area contributed by atoms with Gasteiger partial charge in [-0.2, -0.15) is 13.2 Å². The summed E-state index contributed by atoms with van der Waals surface area (Å²) in [6, 6.07) is 27.4. The van der Waals surface area contributed by atoms with Gasteiger partial charge < -0.3 is 96.0 Å². The minimum atomic E-state index is -4.64. The number of esters is 2. The molecule has 0 fully saturated rings. The van der Waals surface area contributed by atoms with E-state index >= 15 is 0 Å². The molecule has 0 spiro atoms. The van der Waals surface area contributed by atoms with Gasteiger partial charge in [-0.15, -0.1) is 0 Å². The van der Waals surface area contributed by atoms with Crippen LogP contribution in [0, 0.1) is 0 Å². The third-order valence-electron chi connectivity index (χ3n) is 11.9. The average molecular weight is 1610 g/mol. The van der Waals surface area contributed by atoms with E-state index in [9.17, 15) is 83.7 Å². The Hall–Kier alpha value is -9.67. The molecule has 5 rings (SSSR count). The number of ether oxygens (including phenoxy) is 9. The van der Waals surface area contributed by atoms with Gasteiger partial charge >= 0.3 is 73.2 Å². The molecule has 0 aliphatic rings. The molecule has 5 aromatic carbocycles. The van der Waals surface area contributed by atoms with Crippen molar-refractivity contribution in [1.82, 2.24) is 16.0 Å². The molecule has 28 nitrogen and oxygen atoms in total. The topological polar surface area (TPSA) is 436 Å². The van der Waals surface area contributed by atoms with E-state index < -0.39 is 141 Å². The monoisotopic (exact) mass is 1610 g/mol. The summed E-state index contributed by atoms with van der Waals surface area (Å²) in [5.41, 5.74) is 12.0. The molecule has 0 radical (unpaired) electrons. The maximum atomic E-state index is 12.1. The van der Waals surface area contributed by atoms with Gasteiger partial charge in [0.05, 0.1) is 14.2 Å².